The third-order valence-corrected chi connectivity index (χ3v) is 3.53. The van der Waals surface area contributed by atoms with Gasteiger partial charge < -0.3 is 15.2 Å². The molecule has 1 saturated carbocycles. The van der Waals surface area contributed by atoms with Crippen molar-refractivity contribution in [3.63, 3.8) is 0 Å². The standard InChI is InChI=1S/C13H16BrNO3/c1-13(17)6-10(7-13)15-12(16)8-3-9(14)5-11(4-8)18-2/h3-5,10,17H,6-7H2,1-2H3,(H,15,16). The number of amides is 1. The first-order valence-electron chi connectivity index (χ1n) is 5.77. The molecule has 2 rings (SSSR count). The highest BCUT2D eigenvalue weighted by Crippen LogP contribution is 2.31. The van der Waals surface area contributed by atoms with E-state index in [1.54, 1.807) is 32.2 Å². The van der Waals surface area contributed by atoms with Gasteiger partial charge in [-0.25, -0.2) is 0 Å². The van der Waals surface area contributed by atoms with Crippen molar-refractivity contribution >= 4 is 21.8 Å². The second kappa shape index (κ2) is 4.90. The topological polar surface area (TPSA) is 58.6 Å². The van der Waals surface area contributed by atoms with E-state index < -0.39 is 5.60 Å². The fourth-order valence-electron chi connectivity index (χ4n) is 2.18. The minimum absolute atomic E-state index is 0.0532. The molecule has 1 aliphatic carbocycles. The zero-order valence-corrected chi connectivity index (χ0v) is 12.0. The molecule has 0 aromatic heterocycles. The van der Waals surface area contributed by atoms with Gasteiger partial charge in [0.1, 0.15) is 5.75 Å². The van der Waals surface area contributed by atoms with Gasteiger partial charge in [0.25, 0.3) is 5.91 Å². The Hall–Kier alpha value is -1.07. The van der Waals surface area contributed by atoms with Gasteiger partial charge in [0.15, 0.2) is 0 Å². The lowest BCUT2D eigenvalue weighted by Gasteiger charge is -2.41. The van der Waals surface area contributed by atoms with Gasteiger partial charge in [-0.1, -0.05) is 15.9 Å². The molecular formula is C13H16BrNO3. The van der Waals surface area contributed by atoms with Gasteiger partial charge in [0.05, 0.1) is 12.7 Å². The lowest BCUT2D eigenvalue weighted by Crippen LogP contribution is -2.53. The van der Waals surface area contributed by atoms with E-state index >= 15 is 0 Å². The van der Waals surface area contributed by atoms with Crippen LogP contribution in [-0.4, -0.2) is 29.8 Å². The number of ether oxygens (including phenoxy) is 1. The fourth-order valence-corrected chi connectivity index (χ4v) is 2.66. The van der Waals surface area contributed by atoms with Crippen LogP contribution in [0.3, 0.4) is 0 Å². The number of rotatable bonds is 3. The maximum atomic E-state index is 12.0. The molecule has 5 heteroatoms. The van der Waals surface area contributed by atoms with Gasteiger partial charge in [0.2, 0.25) is 0 Å². The van der Waals surface area contributed by atoms with E-state index in [0.717, 1.165) is 4.47 Å². The highest BCUT2D eigenvalue weighted by Gasteiger charge is 2.39. The molecule has 0 saturated heterocycles. The van der Waals surface area contributed by atoms with Crippen molar-refractivity contribution in [2.24, 2.45) is 0 Å². The van der Waals surface area contributed by atoms with Crippen molar-refractivity contribution in [1.29, 1.82) is 0 Å². The van der Waals surface area contributed by atoms with Gasteiger partial charge >= 0.3 is 0 Å². The average molecular weight is 314 g/mol. The van der Waals surface area contributed by atoms with E-state index in [0.29, 0.717) is 24.2 Å². The molecule has 0 atom stereocenters. The Kier molecular flexibility index (Phi) is 3.64. The number of benzene rings is 1. The lowest BCUT2D eigenvalue weighted by molar-refractivity contribution is -0.0366. The number of hydrogen-bond acceptors (Lipinski definition) is 3. The predicted molar refractivity (Wildman–Crippen MR) is 71.8 cm³/mol. The van der Waals surface area contributed by atoms with E-state index in [4.69, 9.17) is 4.74 Å². The summed E-state index contributed by atoms with van der Waals surface area (Å²) in [5.74, 6) is 0.491. The molecule has 1 aromatic carbocycles. The fraction of sp³-hybridized carbons (Fsp3) is 0.462. The highest BCUT2D eigenvalue weighted by atomic mass is 79.9. The second-order valence-corrected chi connectivity index (χ2v) is 5.87. The number of carbonyl (C=O) groups excluding carboxylic acids is 1. The van der Waals surface area contributed by atoms with Gasteiger partial charge in [-0.3, -0.25) is 4.79 Å². The summed E-state index contributed by atoms with van der Waals surface area (Å²) in [4.78, 5) is 12.0. The van der Waals surface area contributed by atoms with Crippen LogP contribution < -0.4 is 10.1 Å². The molecule has 0 unspecified atom stereocenters. The van der Waals surface area contributed by atoms with Crippen molar-refractivity contribution in [2.75, 3.05) is 7.11 Å². The summed E-state index contributed by atoms with van der Waals surface area (Å²) in [5, 5.41) is 12.5. The molecule has 18 heavy (non-hydrogen) atoms. The van der Waals surface area contributed by atoms with Crippen LogP contribution in [0.2, 0.25) is 0 Å². The number of carbonyl (C=O) groups is 1. The zero-order valence-electron chi connectivity index (χ0n) is 10.4. The molecule has 1 aliphatic rings. The first-order chi connectivity index (χ1) is 8.39. The summed E-state index contributed by atoms with van der Waals surface area (Å²) in [6.45, 7) is 1.78. The molecule has 1 aromatic rings. The normalized spacial score (nSPS) is 26.3. The Morgan fingerprint density at radius 1 is 1.50 bits per heavy atom. The second-order valence-electron chi connectivity index (χ2n) is 4.96. The van der Waals surface area contributed by atoms with E-state index in [1.165, 1.54) is 0 Å². The summed E-state index contributed by atoms with van der Waals surface area (Å²) in [5.41, 5.74) is -0.0832. The van der Waals surface area contributed by atoms with Crippen LogP contribution >= 0.6 is 15.9 Å². The average Bonchev–Trinajstić information content (AvgIpc) is 2.25. The summed E-state index contributed by atoms with van der Waals surface area (Å²) < 4.78 is 5.91. The van der Waals surface area contributed by atoms with Crippen LogP contribution in [0, 0.1) is 0 Å². The summed E-state index contributed by atoms with van der Waals surface area (Å²) in [6.07, 6.45) is 1.20. The Labute approximate surface area is 114 Å². The molecule has 0 bridgehead atoms. The van der Waals surface area contributed by atoms with E-state index in [1.807, 2.05) is 0 Å². The van der Waals surface area contributed by atoms with Crippen molar-refractivity contribution in [1.82, 2.24) is 5.32 Å². The SMILES string of the molecule is COc1cc(Br)cc(C(=O)NC2CC(C)(O)C2)c1. The van der Waals surface area contributed by atoms with Gasteiger partial charge in [-0.2, -0.15) is 0 Å². The number of hydrogen-bond donors (Lipinski definition) is 2. The van der Waals surface area contributed by atoms with Crippen LogP contribution in [0.1, 0.15) is 30.1 Å². The number of methoxy groups -OCH3 is 1. The third-order valence-electron chi connectivity index (χ3n) is 3.08. The first kappa shape index (κ1) is 13.4. The smallest absolute Gasteiger partial charge is 0.251 e. The Morgan fingerprint density at radius 2 is 2.17 bits per heavy atom. The molecule has 0 aliphatic heterocycles. The van der Waals surface area contributed by atoms with Gasteiger partial charge in [-0.05, 0) is 38.0 Å². The quantitative estimate of drug-likeness (QED) is 0.898. The summed E-state index contributed by atoms with van der Waals surface area (Å²) in [6, 6.07) is 5.29. The van der Waals surface area contributed by atoms with Crippen molar-refractivity contribution in [3.05, 3.63) is 28.2 Å². The Morgan fingerprint density at radius 3 is 2.72 bits per heavy atom. The zero-order chi connectivity index (χ0) is 13.3. The number of halogens is 1. The molecule has 0 radical (unpaired) electrons. The molecule has 98 valence electrons. The first-order valence-corrected chi connectivity index (χ1v) is 6.57. The van der Waals surface area contributed by atoms with Crippen LogP contribution in [0.4, 0.5) is 0 Å². The molecular weight excluding hydrogens is 298 g/mol. The summed E-state index contributed by atoms with van der Waals surface area (Å²) >= 11 is 3.34. The van der Waals surface area contributed by atoms with Crippen LogP contribution in [0.25, 0.3) is 0 Å². The van der Waals surface area contributed by atoms with Crippen LogP contribution in [0.5, 0.6) is 5.75 Å². The Bertz CT molecular complexity index is 465. The van der Waals surface area contributed by atoms with Crippen molar-refractivity contribution < 1.29 is 14.6 Å². The number of aliphatic hydroxyl groups is 1. The molecule has 1 amide bonds. The third kappa shape index (κ3) is 3.03. The maximum Gasteiger partial charge on any atom is 0.251 e. The summed E-state index contributed by atoms with van der Waals surface area (Å²) in [7, 11) is 1.56. The van der Waals surface area contributed by atoms with Crippen molar-refractivity contribution in [2.45, 2.75) is 31.4 Å². The Balaban J connectivity index is 2.03. The number of nitrogens with one attached hydrogen (secondary N) is 1. The maximum absolute atomic E-state index is 12.0. The van der Waals surface area contributed by atoms with Crippen LogP contribution in [0.15, 0.2) is 22.7 Å². The lowest BCUT2D eigenvalue weighted by atomic mass is 9.77. The van der Waals surface area contributed by atoms with Crippen LogP contribution in [-0.2, 0) is 0 Å². The molecule has 1 fully saturated rings. The minimum Gasteiger partial charge on any atom is -0.497 e. The van der Waals surface area contributed by atoms with E-state index in [9.17, 15) is 9.90 Å². The van der Waals surface area contributed by atoms with E-state index in [-0.39, 0.29) is 11.9 Å². The van der Waals surface area contributed by atoms with Crippen molar-refractivity contribution in [3.8, 4) is 5.75 Å². The molecule has 2 N–H and O–H groups in total. The predicted octanol–water partition coefficient (Wildman–Crippen LogP) is 2.10. The van der Waals surface area contributed by atoms with Gasteiger partial charge in [0, 0.05) is 16.1 Å². The highest BCUT2D eigenvalue weighted by molar-refractivity contribution is 9.10. The monoisotopic (exact) mass is 313 g/mol. The molecule has 0 heterocycles. The minimum atomic E-state index is -0.632. The molecule has 4 nitrogen and oxygen atoms in total. The van der Waals surface area contributed by atoms with E-state index in [2.05, 4.69) is 21.2 Å². The van der Waals surface area contributed by atoms with Gasteiger partial charge in [-0.15, -0.1) is 0 Å². The molecule has 0 spiro atoms. The largest absolute Gasteiger partial charge is 0.497 e.